The van der Waals surface area contributed by atoms with Crippen molar-refractivity contribution in [1.82, 2.24) is 9.78 Å². The topological polar surface area (TPSA) is 46.9 Å². The number of anilines is 1. The van der Waals surface area contributed by atoms with Crippen LogP contribution < -0.4 is 5.32 Å². The van der Waals surface area contributed by atoms with Crippen molar-refractivity contribution in [1.29, 1.82) is 0 Å². The molecule has 0 saturated carbocycles. The summed E-state index contributed by atoms with van der Waals surface area (Å²) in [6.45, 7) is 0. The fourth-order valence-corrected chi connectivity index (χ4v) is 3.61. The van der Waals surface area contributed by atoms with Crippen LogP contribution in [0.4, 0.5) is 5.82 Å². The number of benzene rings is 1. The van der Waals surface area contributed by atoms with Crippen LogP contribution in [-0.4, -0.2) is 15.7 Å². The Morgan fingerprint density at radius 1 is 1.27 bits per heavy atom. The third-order valence-corrected chi connectivity index (χ3v) is 4.79. The van der Waals surface area contributed by atoms with Crippen LogP contribution in [0.3, 0.4) is 0 Å². The standard InChI is InChI=1S/C16H12ClN3OS/c17-11-1-3-12(4-2-11)20-16-14(8-18-20)13(7-15(21)19-16)10-5-6-22-9-10/h1-6,8-9,13H,7H2,(H,19,21)/t13-/m0/s1. The van der Waals surface area contributed by atoms with Gasteiger partial charge in [0.25, 0.3) is 0 Å². The van der Waals surface area contributed by atoms with Crippen LogP contribution in [-0.2, 0) is 4.79 Å². The van der Waals surface area contributed by atoms with Crippen molar-refractivity contribution in [2.24, 2.45) is 0 Å². The number of rotatable bonds is 2. The lowest BCUT2D eigenvalue weighted by atomic mass is 9.89. The molecule has 4 nitrogen and oxygen atoms in total. The fourth-order valence-electron chi connectivity index (χ4n) is 2.77. The molecular formula is C16H12ClN3OS. The maximum Gasteiger partial charge on any atom is 0.226 e. The van der Waals surface area contributed by atoms with E-state index >= 15 is 0 Å². The van der Waals surface area contributed by atoms with E-state index in [2.05, 4.69) is 21.9 Å². The summed E-state index contributed by atoms with van der Waals surface area (Å²) in [4.78, 5) is 12.1. The van der Waals surface area contributed by atoms with Gasteiger partial charge >= 0.3 is 0 Å². The van der Waals surface area contributed by atoms with Gasteiger partial charge in [-0.25, -0.2) is 4.68 Å². The largest absolute Gasteiger partial charge is 0.310 e. The Bertz CT molecular complexity index is 824. The minimum atomic E-state index is 0.0133. The maximum atomic E-state index is 12.1. The van der Waals surface area contributed by atoms with Gasteiger partial charge in [0.15, 0.2) is 0 Å². The summed E-state index contributed by atoms with van der Waals surface area (Å²) in [5.74, 6) is 0.824. The molecule has 0 bridgehead atoms. The predicted octanol–water partition coefficient (Wildman–Crippen LogP) is 4.06. The second-order valence-electron chi connectivity index (χ2n) is 5.20. The molecule has 0 fully saturated rings. The number of amides is 1. The Labute approximate surface area is 136 Å². The molecule has 3 aromatic rings. The van der Waals surface area contributed by atoms with Gasteiger partial charge in [0.05, 0.1) is 11.9 Å². The van der Waals surface area contributed by atoms with Crippen molar-refractivity contribution in [3.8, 4) is 5.69 Å². The molecule has 0 radical (unpaired) electrons. The molecule has 0 spiro atoms. The third kappa shape index (κ3) is 2.23. The summed E-state index contributed by atoms with van der Waals surface area (Å²) in [6, 6.07) is 9.46. The minimum absolute atomic E-state index is 0.0133. The van der Waals surface area contributed by atoms with E-state index in [1.165, 1.54) is 0 Å². The van der Waals surface area contributed by atoms with Gasteiger partial charge < -0.3 is 5.32 Å². The fraction of sp³-hybridized carbons (Fsp3) is 0.125. The molecule has 2 aromatic heterocycles. The number of halogens is 1. The molecule has 4 rings (SSSR count). The van der Waals surface area contributed by atoms with Crippen molar-refractivity contribution in [2.75, 3.05) is 5.32 Å². The molecule has 110 valence electrons. The summed E-state index contributed by atoms with van der Waals surface area (Å²) >= 11 is 7.57. The van der Waals surface area contributed by atoms with E-state index < -0.39 is 0 Å². The first-order valence-electron chi connectivity index (χ1n) is 6.88. The number of fused-ring (bicyclic) bond motifs is 1. The summed E-state index contributed by atoms with van der Waals surface area (Å²) < 4.78 is 1.75. The third-order valence-electron chi connectivity index (χ3n) is 3.84. The van der Waals surface area contributed by atoms with Gasteiger partial charge in [-0.05, 0) is 46.7 Å². The number of nitrogens with zero attached hydrogens (tertiary/aromatic N) is 2. The number of carbonyl (C=O) groups is 1. The number of carbonyl (C=O) groups excluding carboxylic acids is 1. The van der Waals surface area contributed by atoms with E-state index in [9.17, 15) is 4.79 Å². The summed E-state index contributed by atoms with van der Waals surface area (Å²) in [5.41, 5.74) is 3.08. The van der Waals surface area contributed by atoms with Crippen molar-refractivity contribution in [3.05, 3.63) is 63.4 Å². The molecule has 1 N–H and O–H groups in total. The van der Waals surface area contributed by atoms with Gasteiger partial charge in [0.1, 0.15) is 5.82 Å². The quantitative estimate of drug-likeness (QED) is 0.770. The zero-order valence-corrected chi connectivity index (χ0v) is 13.1. The van der Waals surface area contributed by atoms with Gasteiger partial charge in [-0.3, -0.25) is 4.79 Å². The number of hydrogen-bond acceptors (Lipinski definition) is 3. The summed E-state index contributed by atoms with van der Waals surface area (Å²) in [7, 11) is 0. The molecule has 0 aliphatic carbocycles. The van der Waals surface area contributed by atoms with Gasteiger partial charge in [-0.15, -0.1) is 0 Å². The monoisotopic (exact) mass is 329 g/mol. The average molecular weight is 330 g/mol. The van der Waals surface area contributed by atoms with Gasteiger partial charge in [-0.1, -0.05) is 11.6 Å². The van der Waals surface area contributed by atoms with Crippen LogP contribution in [0, 0.1) is 0 Å². The predicted molar refractivity (Wildman–Crippen MR) is 88.0 cm³/mol. The van der Waals surface area contributed by atoms with Crippen molar-refractivity contribution < 1.29 is 4.79 Å². The molecule has 1 aliphatic heterocycles. The van der Waals surface area contributed by atoms with Gasteiger partial charge in [0, 0.05) is 22.9 Å². The van der Waals surface area contributed by atoms with Crippen LogP contribution in [0.2, 0.25) is 5.02 Å². The molecule has 0 saturated heterocycles. The van der Waals surface area contributed by atoms with E-state index in [0.29, 0.717) is 11.4 Å². The Hall–Kier alpha value is -2.11. The summed E-state index contributed by atoms with van der Waals surface area (Å²) in [5, 5.41) is 12.2. The number of aromatic nitrogens is 2. The first kappa shape index (κ1) is 13.5. The van der Waals surface area contributed by atoms with Crippen LogP contribution in [0.1, 0.15) is 23.5 Å². The molecule has 1 aromatic carbocycles. The summed E-state index contributed by atoms with van der Waals surface area (Å²) in [6.07, 6.45) is 2.29. The molecule has 6 heteroatoms. The number of thiophene rings is 1. The highest BCUT2D eigenvalue weighted by molar-refractivity contribution is 7.08. The molecule has 1 atom stereocenters. The second-order valence-corrected chi connectivity index (χ2v) is 6.41. The van der Waals surface area contributed by atoms with Crippen molar-refractivity contribution in [3.63, 3.8) is 0 Å². The van der Waals surface area contributed by atoms with E-state index in [1.807, 2.05) is 35.8 Å². The van der Waals surface area contributed by atoms with E-state index in [0.717, 1.165) is 22.6 Å². The highest BCUT2D eigenvalue weighted by Gasteiger charge is 2.30. The molecular weight excluding hydrogens is 318 g/mol. The lowest BCUT2D eigenvalue weighted by Gasteiger charge is -2.22. The zero-order chi connectivity index (χ0) is 15.1. The van der Waals surface area contributed by atoms with E-state index in [-0.39, 0.29) is 11.8 Å². The highest BCUT2D eigenvalue weighted by Crippen LogP contribution is 2.38. The first-order valence-corrected chi connectivity index (χ1v) is 8.20. The molecule has 0 unspecified atom stereocenters. The highest BCUT2D eigenvalue weighted by atomic mass is 35.5. The first-order chi connectivity index (χ1) is 10.7. The van der Waals surface area contributed by atoms with Crippen molar-refractivity contribution in [2.45, 2.75) is 12.3 Å². The average Bonchev–Trinajstić information content (AvgIpc) is 3.16. The molecule has 3 heterocycles. The van der Waals surface area contributed by atoms with Gasteiger partial charge in [-0.2, -0.15) is 16.4 Å². The SMILES string of the molecule is O=C1C[C@@H](c2ccsc2)c2cnn(-c3ccc(Cl)cc3)c2N1. The molecule has 1 amide bonds. The van der Waals surface area contributed by atoms with E-state index in [1.54, 1.807) is 16.0 Å². The molecule has 22 heavy (non-hydrogen) atoms. The van der Waals surface area contributed by atoms with Crippen LogP contribution >= 0.6 is 22.9 Å². The minimum Gasteiger partial charge on any atom is -0.310 e. The van der Waals surface area contributed by atoms with Gasteiger partial charge in [0.2, 0.25) is 5.91 Å². The zero-order valence-electron chi connectivity index (χ0n) is 11.5. The van der Waals surface area contributed by atoms with Crippen LogP contribution in [0.25, 0.3) is 5.69 Å². The number of nitrogens with one attached hydrogen (secondary N) is 1. The van der Waals surface area contributed by atoms with E-state index in [4.69, 9.17) is 11.6 Å². The Kier molecular flexibility index (Phi) is 3.24. The van der Waals surface area contributed by atoms with Crippen molar-refractivity contribution >= 4 is 34.7 Å². The smallest absolute Gasteiger partial charge is 0.226 e. The molecule has 1 aliphatic rings. The normalized spacial score (nSPS) is 17.1. The Morgan fingerprint density at radius 2 is 2.09 bits per heavy atom. The van der Waals surface area contributed by atoms with Crippen LogP contribution in [0.5, 0.6) is 0 Å². The van der Waals surface area contributed by atoms with Crippen LogP contribution in [0.15, 0.2) is 47.3 Å². The lowest BCUT2D eigenvalue weighted by Crippen LogP contribution is -2.24. The maximum absolute atomic E-state index is 12.1. The number of hydrogen-bond donors (Lipinski definition) is 1. The lowest BCUT2D eigenvalue weighted by molar-refractivity contribution is -0.116. The second kappa shape index (κ2) is 5.26. The Balaban J connectivity index is 1.82. The Morgan fingerprint density at radius 3 is 2.82 bits per heavy atom.